The number of rotatable bonds is 0. The van der Waals surface area contributed by atoms with Crippen LogP contribution < -0.4 is 18.9 Å². The predicted molar refractivity (Wildman–Crippen MR) is 35.4 cm³/mol. The molecule has 0 atom stereocenters. The van der Waals surface area contributed by atoms with Crippen molar-refractivity contribution in [2.75, 3.05) is 6.26 Å². The van der Waals surface area contributed by atoms with Crippen molar-refractivity contribution in [2.24, 2.45) is 0 Å². The monoisotopic (exact) mass is 150 g/mol. The summed E-state index contributed by atoms with van der Waals surface area (Å²) in [5, 5.41) is 0. The maximum atomic E-state index is 4.54. The Morgan fingerprint density at radius 1 is 1.50 bits per heavy atom. The Morgan fingerprint density at radius 2 is 1.50 bits per heavy atom. The Morgan fingerprint density at radius 3 is 1.50 bits per heavy atom. The predicted octanol–water partition coefficient (Wildman–Crippen LogP) is -2.84. The van der Waals surface area contributed by atoms with E-state index >= 15 is 0 Å². The molecule has 0 heterocycles. The molecule has 0 saturated heterocycles. The van der Waals surface area contributed by atoms with Crippen molar-refractivity contribution in [3.8, 4) is 0 Å². The summed E-state index contributed by atoms with van der Waals surface area (Å²) in [5.74, 6) is 0. The molecule has 0 radical (unpaired) electrons. The molecule has 0 N–H and O–H groups in total. The van der Waals surface area contributed by atoms with Gasteiger partial charge in [-0.25, -0.2) is 6.18 Å². The van der Waals surface area contributed by atoms with Crippen LogP contribution in [0.4, 0.5) is 0 Å². The maximum Gasteiger partial charge on any atom is 1.00 e. The van der Waals surface area contributed by atoms with Crippen molar-refractivity contribution in [3.63, 3.8) is 0 Å². The summed E-state index contributed by atoms with van der Waals surface area (Å²) in [5.41, 5.74) is 0. The van der Waals surface area contributed by atoms with Crippen LogP contribution in [0.3, 0.4) is 0 Å². The molecule has 0 fully saturated rings. The van der Waals surface area contributed by atoms with E-state index in [0.717, 1.165) is 0 Å². The van der Waals surface area contributed by atoms with Gasteiger partial charge in [0.1, 0.15) is 0 Å². The Labute approximate surface area is 64.9 Å². The fourth-order valence-electron chi connectivity index (χ4n) is 0. The van der Waals surface area contributed by atoms with E-state index in [2.05, 4.69) is 34.0 Å². The van der Waals surface area contributed by atoms with Crippen molar-refractivity contribution < 1.29 is 18.9 Å². The van der Waals surface area contributed by atoms with Crippen LogP contribution in [0.25, 0.3) is 0 Å². The van der Waals surface area contributed by atoms with E-state index < -0.39 is 6.18 Å². The van der Waals surface area contributed by atoms with Gasteiger partial charge in [-0.1, -0.05) is 22.4 Å². The normalized spacial score (nSPS) is 9.67. The van der Waals surface area contributed by atoms with Crippen LogP contribution in [-0.4, -0.2) is 6.26 Å². The first-order valence-corrected chi connectivity index (χ1v) is 5.72. The summed E-state index contributed by atoms with van der Waals surface area (Å²) in [6.45, 7) is 0. The molecular formula is CH3LiS4. The first-order chi connectivity index (χ1) is 2.00. The van der Waals surface area contributed by atoms with Crippen LogP contribution in [0.1, 0.15) is 0 Å². The van der Waals surface area contributed by atoms with E-state index in [1.807, 2.05) is 0 Å². The van der Waals surface area contributed by atoms with Crippen LogP contribution in [0, 0.1) is 0 Å². The van der Waals surface area contributed by atoms with Crippen molar-refractivity contribution >= 4 is 40.2 Å². The third-order valence-electron chi connectivity index (χ3n) is 0. The van der Waals surface area contributed by atoms with Crippen molar-refractivity contribution in [1.82, 2.24) is 0 Å². The zero-order valence-corrected chi connectivity index (χ0v) is 6.90. The fourth-order valence-corrected chi connectivity index (χ4v) is 0. The summed E-state index contributed by atoms with van der Waals surface area (Å²) in [4.78, 5) is 0. The molecule has 0 aliphatic rings. The Bertz CT molecular complexity index is 90.7. The first-order valence-electron chi connectivity index (χ1n) is 0.908. The van der Waals surface area contributed by atoms with E-state index in [9.17, 15) is 0 Å². The van der Waals surface area contributed by atoms with E-state index in [0.29, 0.717) is 0 Å². The Hall–Kier alpha value is 1.74. The summed E-state index contributed by atoms with van der Waals surface area (Å²) >= 11 is 13.6. The summed E-state index contributed by atoms with van der Waals surface area (Å²) in [6, 6.07) is 0. The second kappa shape index (κ2) is 3.70. The van der Waals surface area contributed by atoms with Gasteiger partial charge in [0.05, 0.1) is 0 Å². The van der Waals surface area contributed by atoms with Crippen molar-refractivity contribution in [3.05, 3.63) is 0 Å². The molecule has 0 aromatic rings. The van der Waals surface area contributed by atoms with Gasteiger partial charge in [-0.2, -0.15) is 0 Å². The van der Waals surface area contributed by atoms with Gasteiger partial charge >= 0.3 is 18.9 Å². The molecule has 0 bridgehead atoms. The van der Waals surface area contributed by atoms with Crippen LogP contribution in [0.5, 0.6) is 0 Å². The second-order valence-electron chi connectivity index (χ2n) is 0.704. The van der Waals surface area contributed by atoms with E-state index in [1.54, 1.807) is 6.26 Å². The van der Waals surface area contributed by atoms with Crippen LogP contribution >= 0.6 is 0 Å². The molecule has 0 nitrogen and oxygen atoms in total. The fraction of sp³-hybridized carbons (Fsp3) is 1.00. The third-order valence-corrected chi connectivity index (χ3v) is 0. The average Bonchev–Trinajstić information content (AvgIpc) is 0.722. The van der Waals surface area contributed by atoms with Crippen molar-refractivity contribution in [1.29, 1.82) is 0 Å². The Balaban J connectivity index is 0. The minimum Gasteiger partial charge on any atom is -0.706 e. The molecular weight excluding hydrogens is 147 g/mol. The molecule has 0 aliphatic heterocycles. The van der Waals surface area contributed by atoms with Crippen LogP contribution in [0.15, 0.2) is 0 Å². The van der Waals surface area contributed by atoms with Gasteiger partial charge < -0.3 is 11.7 Å². The van der Waals surface area contributed by atoms with E-state index in [-0.39, 0.29) is 18.9 Å². The van der Waals surface area contributed by atoms with Gasteiger partial charge in [-0.05, 0) is 6.26 Å². The van der Waals surface area contributed by atoms with Gasteiger partial charge in [0.15, 0.2) is 0 Å². The number of hydrogen-bond acceptors (Lipinski definition) is 3. The third kappa shape index (κ3) is 42.7. The van der Waals surface area contributed by atoms with Crippen LogP contribution in [0.2, 0.25) is 0 Å². The quantitative estimate of drug-likeness (QED) is 0.207. The number of hydrogen-bond donors (Lipinski definition) is 0. The summed E-state index contributed by atoms with van der Waals surface area (Å²) in [6.07, 6.45) is 0.299. The topological polar surface area (TPSA) is 0 Å². The molecule has 0 amide bonds. The zero-order chi connectivity index (χ0) is 4.50. The minimum atomic E-state index is -1.42. The minimum absolute atomic E-state index is 0. The van der Waals surface area contributed by atoms with Crippen LogP contribution in [-0.2, 0) is 40.2 Å². The first kappa shape index (κ1) is 10.7. The van der Waals surface area contributed by atoms with Crippen molar-refractivity contribution in [2.45, 2.75) is 0 Å². The van der Waals surface area contributed by atoms with Gasteiger partial charge in [0, 0.05) is 0 Å². The molecule has 0 rings (SSSR count). The molecule has 32 valence electrons. The smallest absolute Gasteiger partial charge is 0.706 e. The van der Waals surface area contributed by atoms with E-state index in [1.165, 1.54) is 0 Å². The van der Waals surface area contributed by atoms with E-state index in [4.69, 9.17) is 0 Å². The molecule has 0 aromatic heterocycles. The SMILES string of the molecule is CS(=S)(=S)[S-].[Li+]. The Kier molecular flexibility index (Phi) is 6.59. The molecule has 0 aromatic carbocycles. The van der Waals surface area contributed by atoms with Gasteiger partial charge in [-0.3, -0.25) is 0 Å². The maximum absolute atomic E-state index is 4.54. The molecule has 0 spiro atoms. The van der Waals surface area contributed by atoms with Gasteiger partial charge in [0.25, 0.3) is 0 Å². The molecule has 0 saturated carbocycles. The molecule has 6 heavy (non-hydrogen) atoms. The van der Waals surface area contributed by atoms with Gasteiger partial charge in [0.2, 0.25) is 0 Å². The zero-order valence-electron chi connectivity index (χ0n) is 3.63. The molecule has 0 aliphatic carbocycles. The molecule has 5 heteroatoms. The molecule has 0 unspecified atom stereocenters. The van der Waals surface area contributed by atoms with Gasteiger partial charge in [-0.15, -0.1) is 0 Å². The average molecular weight is 150 g/mol. The second-order valence-corrected chi connectivity index (χ2v) is 10.0. The standard InChI is InChI=1S/CH4S4.Li/c1-5(2,3)4;/h1H3,(H,2,3,4);/q;+1/p-1. The largest absolute Gasteiger partial charge is 1.00 e. The summed E-state index contributed by atoms with van der Waals surface area (Å²) in [7, 11) is 0. The summed E-state index contributed by atoms with van der Waals surface area (Å²) < 4.78 is 0.